The first-order valence-corrected chi connectivity index (χ1v) is 4.05. The van der Waals surface area contributed by atoms with Crippen molar-refractivity contribution < 1.29 is 10.0 Å². The number of nitrogens with one attached hydrogen (secondary N) is 1. The zero-order valence-electron chi connectivity index (χ0n) is 7.93. The lowest BCUT2D eigenvalue weighted by Crippen LogP contribution is -2.38. The average Bonchev–Trinajstić information content (AvgIpc) is 2.17. The Labute approximate surface area is 83.7 Å². The fraction of sp³-hybridized carbons (Fsp3) is 0.250. The highest BCUT2D eigenvalue weighted by atomic mass is 16.4. The van der Waals surface area contributed by atoms with Crippen LogP contribution >= 0.6 is 0 Å². The molecule has 0 fully saturated rings. The van der Waals surface area contributed by atoms with Crippen molar-refractivity contribution in [1.82, 2.24) is 9.55 Å². The zero-order chi connectivity index (χ0) is 11.4. The molecule has 0 bridgehead atoms. The normalized spacial score (nSPS) is 10.7. The summed E-state index contributed by atoms with van der Waals surface area (Å²) >= 11 is 0. The Bertz CT molecular complexity index is 511. The first-order valence-electron chi connectivity index (χ1n) is 4.05. The quantitative estimate of drug-likeness (QED) is 0.287. The van der Waals surface area contributed by atoms with Crippen molar-refractivity contribution in [1.29, 1.82) is 0 Å². The van der Waals surface area contributed by atoms with Crippen LogP contribution in [0.2, 0.25) is 0 Å². The second-order valence-electron chi connectivity index (χ2n) is 2.88. The summed E-state index contributed by atoms with van der Waals surface area (Å²) in [5.74, 6) is -0.282. The highest BCUT2D eigenvalue weighted by molar-refractivity contribution is 5.79. The van der Waals surface area contributed by atoms with Crippen molar-refractivity contribution in [2.45, 2.75) is 13.5 Å². The van der Waals surface area contributed by atoms with E-state index < -0.39 is 11.1 Å². The molecule has 0 amide bonds. The van der Waals surface area contributed by atoms with Crippen molar-refractivity contribution in [3.8, 4) is 0 Å². The molecule has 80 valence electrons. The topological polar surface area (TPSA) is 105 Å². The van der Waals surface area contributed by atoms with Gasteiger partial charge in [-0.2, -0.15) is 0 Å². The number of aromatic nitrogens is 2. The molecule has 0 aromatic carbocycles. The monoisotopic (exact) mass is 211 g/mol. The molecule has 1 heterocycles. The molecule has 1 aromatic heterocycles. The molecule has 0 atom stereocenters. The Morgan fingerprint density at radius 2 is 2.33 bits per heavy atom. The van der Waals surface area contributed by atoms with Gasteiger partial charge in [-0.15, -0.1) is 0 Å². The molecule has 7 nitrogen and oxygen atoms in total. The number of carbonyl (C=O) groups is 1. The van der Waals surface area contributed by atoms with E-state index >= 15 is 0 Å². The molecule has 1 rings (SSSR count). The maximum absolute atomic E-state index is 11.3. The predicted molar refractivity (Wildman–Crippen MR) is 51.4 cm³/mol. The Hall–Kier alpha value is -2.18. The Balaban J connectivity index is 3.41. The molecule has 15 heavy (non-hydrogen) atoms. The molecular formula is C8H9N3O4. The van der Waals surface area contributed by atoms with Crippen LogP contribution < -0.4 is 11.1 Å². The lowest BCUT2D eigenvalue weighted by atomic mass is 10.4. The van der Waals surface area contributed by atoms with Gasteiger partial charge in [0, 0.05) is 6.20 Å². The fourth-order valence-electron chi connectivity index (χ4n) is 1.07. The van der Waals surface area contributed by atoms with Gasteiger partial charge in [-0.25, -0.2) is 0 Å². The Morgan fingerprint density at radius 1 is 1.67 bits per heavy atom. The van der Waals surface area contributed by atoms with E-state index in [-0.39, 0.29) is 18.0 Å². The molecule has 0 saturated carbocycles. The van der Waals surface area contributed by atoms with Crippen LogP contribution in [0.25, 0.3) is 0 Å². The van der Waals surface area contributed by atoms with Gasteiger partial charge in [0.1, 0.15) is 5.78 Å². The van der Waals surface area contributed by atoms with Crippen molar-refractivity contribution in [3.05, 3.63) is 32.6 Å². The Kier molecular flexibility index (Phi) is 3.17. The molecule has 1 aromatic rings. The van der Waals surface area contributed by atoms with E-state index in [0.717, 1.165) is 10.8 Å². The van der Waals surface area contributed by atoms with Crippen LogP contribution in [0.3, 0.4) is 0 Å². The van der Waals surface area contributed by atoms with Gasteiger partial charge in [0.05, 0.1) is 18.5 Å². The maximum atomic E-state index is 11.3. The van der Waals surface area contributed by atoms with Crippen LogP contribution in [-0.2, 0) is 11.3 Å². The van der Waals surface area contributed by atoms with E-state index in [1.807, 2.05) is 0 Å². The lowest BCUT2D eigenvalue weighted by Gasteiger charge is -2.05. The molecule has 0 unspecified atom stereocenters. The smallest absolute Gasteiger partial charge is 0.317 e. The minimum absolute atomic E-state index is 0.150. The number of H-pyrrole nitrogens is 1. The van der Waals surface area contributed by atoms with Crippen molar-refractivity contribution >= 4 is 12.0 Å². The van der Waals surface area contributed by atoms with Gasteiger partial charge in [0.2, 0.25) is 0 Å². The largest absolute Gasteiger partial charge is 0.411 e. The van der Waals surface area contributed by atoms with E-state index in [4.69, 9.17) is 5.21 Å². The van der Waals surface area contributed by atoms with Crippen molar-refractivity contribution in [2.24, 2.45) is 5.16 Å². The first kappa shape index (κ1) is 10.9. The first-order chi connectivity index (χ1) is 7.06. The third-order valence-corrected chi connectivity index (χ3v) is 1.67. The maximum Gasteiger partial charge on any atom is 0.317 e. The van der Waals surface area contributed by atoms with Gasteiger partial charge >= 0.3 is 11.1 Å². The number of hydrogen-bond acceptors (Lipinski definition) is 5. The minimum Gasteiger partial charge on any atom is -0.411 e. The number of aromatic amines is 1. The molecule has 0 radical (unpaired) electrons. The minimum atomic E-state index is -0.859. The number of carbonyl (C=O) groups excluding carboxylic acids is 1. The number of hydrogen-bond donors (Lipinski definition) is 2. The molecule has 0 aliphatic rings. The van der Waals surface area contributed by atoms with Crippen LogP contribution in [0.5, 0.6) is 0 Å². The highest BCUT2D eigenvalue weighted by Gasteiger charge is 2.07. The third-order valence-electron chi connectivity index (χ3n) is 1.67. The molecule has 7 heteroatoms. The SMILES string of the molecule is CC(=O)Cn1c(/C=N/O)c[nH]c(=O)c1=O. The van der Waals surface area contributed by atoms with Crippen LogP contribution in [0, 0.1) is 0 Å². The molecule has 0 saturated heterocycles. The summed E-state index contributed by atoms with van der Waals surface area (Å²) in [6.45, 7) is 1.05. The summed E-state index contributed by atoms with van der Waals surface area (Å²) in [4.78, 5) is 35.3. The van der Waals surface area contributed by atoms with E-state index in [0.29, 0.717) is 0 Å². The van der Waals surface area contributed by atoms with E-state index in [1.54, 1.807) is 0 Å². The number of rotatable bonds is 3. The standard InChI is InChI=1S/C8H9N3O4/c1-5(12)4-11-6(3-10-15)2-9-7(13)8(11)14/h2-3,15H,4H2,1H3,(H,9,13)/b10-3+. The van der Waals surface area contributed by atoms with Gasteiger partial charge in [-0.1, -0.05) is 5.16 Å². The molecule has 2 N–H and O–H groups in total. The van der Waals surface area contributed by atoms with E-state index in [2.05, 4.69) is 10.1 Å². The number of Topliss-reactive ketones (excluding diaryl/α,β-unsaturated/α-hetero) is 1. The summed E-state index contributed by atoms with van der Waals surface area (Å²) in [5.41, 5.74) is -1.54. The van der Waals surface area contributed by atoms with Crippen molar-refractivity contribution in [3.63, 3.8) is 0 Å². The van der Waals surface area contributed by atoms with Crippen LogP contribution in [0.1, 0.15) is 12.6 Å². The average molecular weight is 211 g/mol. The van der Waals surface area contributed by atoms with E-state index in [9.17, 15) is 14.4 Å². The molecule has 0 spiro atoms. The van der Waals surface area contributed by atoms with Gasteiger partial charge in [-0.05, 0) is 6.92 Å². The van der Waals surface area contributed by atoms with Gasteiger partial charge in [-0.3, -0.25) is 19.0 Å². The zero-order valence-corrected chi connectivity index (χ0v) is 7.93. The summed E-state index contributed by atoms with van der Waals surface area (Å²) in [6.07, 6.45) is 2.15. The van der Waals surface area contributed by atoms with Crippen LogP contribution in [0.15, 0.2) is 20.9 Å². The van der Waals surface area contributed by atoms with Crippen LogP contribution in [-0.4, -0.2) is 26.8 Å². The predicted octanol–water partition coefficient (Wildman–Crippen LogP) is -1.07. The lowest BCUT2D eigenvalue weighted by molar-refractivity contribution is -0.117. The second-order valence-corrected chi connectivity index (χ2v) is 2.88. The van der Waals surface area contributed by atoms with Gasteiger partial charge in [0.25, 0.3) is 0 Å². The molecule has 0 aliphatic carbocycles. The highest BCUT2D eigenvalue weighted by Crippen LogP contribution is 1.89. The Morgan fingerprint density at radius 3 is 2.87 bits per heavy atom. The molecule has 0 aliphatic heterocycles. The number of nitrogens with zero attached hydrogens (tertiary/aromatic N) is 2. The fourth-order valence-corrected chi connectivity index (χ4v) is 1.07. The summed E-state index contributed by atoms with van der Waals surface area (Å²) < 4.78 is 0.931. The van der Waals surface area contributed by atoms with Crippen LogP contribution in [0.4, 0.5) is 0 Å². The summed E-state index contributed by atoms with van der Waals surface area (Å²) in [5, 5.41) is 11.0. The molecular weight excluding hydrogens is 202 g/mol. The number of oxime groups is 1. The van der Waals surface area contributed by atoms with Gasteiger partial charge < -0.3 is 10.2 Å². The third kappa shape index (κ3) is 2.39. The van der Waals surface area contributed by atoms with Crippen molar-refractivity contribution in [2.75, 3.05) is 0 Å². The summed E-state index contributed by atoms with van der Waals surface area (Å²) in [6, 6.07) is 0. The number of ketones is 1. The summed E-state index contributed by atoms with van der Waals surface area (Å²) in [7, 11) is 0. The van der Waals surface area contributed by atoms with Gasteiger partial charge in [0.15, 0.2) is 0 Å². The van der Waals surface area contributed by atoms with E-state index in [1.165, 1.54) is 13.1 Å². The second kappa shape index (κ2) is 4.36.